The number of benzene rings is 1. The van der Waals surface area contributed by atoms with Gasteiger partial charge in [-0.3, -0.25) is 4.79 Å². The molecule has 0 fully saturated rings. The number of hydrogen-bond acceptors (Lipinski definition) is 1. The molecule has 1 aliphatic rings. The van der Waals surface area contributed by atoms with Gasteiger partial charge in [0.15, 0.2) is 0 Å². The SMILES string of the molecule is CC1=C(c2ccccc2)C(C(=O)C(C)(C)C)CCC1. The highest BCUT2D eigenvalue weighted by Gasteiger charge is 2.34. The van der Waals surface area contributed by atoms with Crippen molar-refractivity contribution in [2.75, 3.05) is 0 Å². The molecule has 0 N–H and O–H groups in total. The number of ketones is 1. The second-order valence-corrected chi connectivity index (χ2v) is 6.62. The quantitative estimate of drug-likeness (QED) is 0.737. The van der Waals surface area contributed by atoms with Crippen molar-refractivity contribution >= 4 is 11.4 Å². The molecule has 1 heteroatoms. The summed E-state index contributed by atoms with van der Waals surface area (Å²) in [5.41, 5.74) is 3.64. The van der Waals surface area contributed by atoms with E-state index in [4.69, 9.17) is 0 Å². The first-order chi connectivity index (χ1) is 8.91. The van der Waals surface area contributed by atoms with Gasteiger partial charge in [-0.2, -0.15) is 0 Å². The summed E-state index contributed by atoms with van der Waals surface area (Å²) < 4.78 is 0. The standard InChI is InChI=1S/C18H24O/c1-13-9-8-12-15(17(19)18(2,3)4)16(13)14-10-6-5-7-11-14/h5-7,10-11,15H,8-9,12H2,1-4H3. The van der Waals surface area contributed by atoms with Gasteiger partial charge in [-0.05, 0) is 37.3 Å². The normalized spacial score (nSPS) is 20.5. The number of Topliss-reactive ketones (excluding diaryl/α,β-unsaturated/α-hetero) is 1. The first kappa shape index (κ1) is 14.0. The summed E-state index contributed by atoms with van der Waals surface area (Å²) in [5, 5.41) is 0. The largest absolute Gasteiger partial charge is 0.298 e. The zero-order chi connectivity index (χ0) is 14.0. The lowest BCUT2D eigenvalue weighted by atomic mass is 9.71. The molecule has 1 atom stereocenters. The van der Waals surface area contributed by atoms with Crippen LogP contribution in [0.25, 0.3) is 5.57 Å². The fraction of sp³-hybridized carbons (Fsp3) is 0.500. The van der Waals surface area contributed by atoms with Gasteiger partial charge in [0.1, 0.15) is 5.78 Å². The maximum absolute atomic E-state index is 12.7. The summed E-state index contributed by atoms with van der Waals surface area (Å²) in [4.78, 5) is 12.7. The smallest absolute Gasteiger partial charge is 0.145 e. The van der Waals surface area contributed by atoms with Crippen LogP contribution < -0.4 is 0 Å². The third kappa shape index (κ3) is 2.97. The lowest BCUT2D eigenvalue weighted by molar-refractivity contribution is -0.128. The van der Waals surface area contributed by atoms with Crippen LogP contribution in [0.5, 0.6) is 0 Å². The van der Waals surface area contributed by atoms with Gasteiger partial charge in [-0.1, -0.05) is 56.7 Å². The van der Waals surface area contributed by atoms with Gasteiger partial charge in [0.05, 0.1) is 0 Å². The molecule has 1 aromatic rings. The van der Waals surface area contributed by atoms with Crippen LogP contribution in [-0.2, 0) is 4.79 Å². The molecule has 0 spiro atoms. The van der Waals surface area contributed by atoms with Crippen molar-refractivity contribution in [3.8, 4) is 0 Å². The van der Waals surface area contributed by atoms with Gasteiger partial charge in [-0.25, -0.2) is 0 Å². The third-order valence-corrected chi connectivity index (χ3v) is 3.99. The van der Waals surface area contributed by atoms with Gasteiger partial charge in [0, 0.05) is 11.3 Å². The average Bonchev–Trinajstić information content (AvgIpc) is 2.37. The van der Waals surface area contributed by atoms with Crippen LogP contribution >= 0.6 is 0 Å². The highest BCUT2D eigenvalue weighted by atomic mass is 16.1. The summed E-state index contributed by atoms with van der Waals surface area (Å²) in [6.45, 7) is 8.27. The van der Waals surface area contributed by atoms with Crippen molar-refractivity contribution in [3.63, 3.8) is 0 Å². The van der Waals surface area contributed by atoms with E-state index in [0.29, 0.717) is 5.78 Å². The van der Waals surface area contributed by atoms with Crippen LogP contribution in [0.3, 0.4) is 0 Å². The van der Waals surface area contributed by atoms with Crippen molar-refractivity contribution in [2.24, 2.45) is 11.3 Å². The molecule has 0 heterocycles. The zero-order valence-electron chi connectivity index (χ0n) is 12.5. The average molecular weight is 256 g/mol. The molecule has 2 rings (SSSR count). The summed E-state index contributed by atoms with van der Waals surface area (Å²) in [5.74, 6) is 0.460. The van der Waals surface area contributed by atoms with Crippen LogP contribution in [0, 0.1) is 11.3 Å². The minimum absolute atomic E-state index is 0.0798. The van der Waals surface area contributed by atoms with E-state index in [1.807, 2.05) is 26.8 Å². The van der Waals surface area contributed by atoms with E-state index in [1.165, 1.54) is 16.7 Å². The predicted octanol–water partition coefficient (Wildman–Crippen LogP) is 4.88. The highest BCUT2D eigenvalue weighted by molar-refractivity contribution is 5.97. The summed E-state index contributed by atoms with van der Waals surface area (Å²) >= 11 is 0. The number of allylic oxidation sites excluding steroid dienone is 2. The molecule has 0 saturated carbocycles. The number of carbonyl (C=O) groups is 1. The van der Waals surface area contributed by atoms with E-state index in [1.54, 1.807) is 0 Å². The molecule has 0 saturated heterocycles. The third-order valence-electron chi connectivity index (χ3n) is 3.99. The second-order valence-electron chi connectivity index (χ2n) is 6.62. The van der Waals surface area contributed by atoms with Crippen LogP contribution in [0.4, 0.5) is 0 Å². The molecule has 1 nitrogen and oxygen atoms in total. The minimum atomic E-state index is -0.262. The summed E-state index contributed by atoms with van der Waals surface area (Å²) in [7, 11) is 0. The summed E-state index contributed by atoms with van der Waals surface area (Å²) in [6.07, 6.45) is 3.25. The minimum Gasteiger partial charge on any atom is -0.298 e. The molecule has 0 radical (unpaired) electrons. The maximum Gasteiger partial charge on any atom is 0.145 e. The van der Waals surface area contributed by atoms with Gasteiger partial charge in [0.25, 0.3) is 0 Å². The van der Waals surface area contributed by atoms with E-state index in [0.717, 1.165) is 19.3 Å². The van der Waals surface area contributed by atoms with E-state index in [2.05, 4.69) is 31.2 Å². The topological polar surface area (TPSA) is 17.1 Å². The van der Waals surface area contributed by atoms with Crippen molar-refractivity contribution in [2.45, 2.75) is 47.0 Å². The van der Waals surface area contributed by atoms with E-state index < -0.39 is 0 Å². The van der Waals surface area contributed by atoms with Gasteiger partial charge >= 0.3 is 0 Å². The predicted molar refractivity (Wildman–Crippen MR) is 80.8 cm³/mol. The van der Waals surface area contributed by atoms with E-state index in [9.17, 15) is 4.79 Å². The van der Waals surface area contributed by atoms with Crippen molar-refractivity contribution in [3.05, 3.63) is 41.5 Å². The Morgan fingerprint density at radius 2 is 1.79 bits per heavy atom. The Labute approximate surface area is 116 Å². The molecule has 1 aliphatic carbocycles. The van der Waals surface area contributed by atoms with Gasteiger partial charge < -0.3 is 0 Å². The molecule has 0 aliphatic heterocycles. The summed E-state index contributed by atoms with van der Waals surface area (Å²) in [6, 6.07) is 10.4. The van der Waals surface area contributed by atoms with Crippen LogP contribution in [0.2, 0.25) is 0 Å². The van der Waals surface area contributed by atoms with Crippen molar-refractivity contribution in [1.29, 1.82) is 0 Å². The second kappa shape index (κ2) is 5.32. The molecule has 1 aromatic carbocycles. The molecule has 0 amide bonds. The Balaban J connectivity index is 2.44. The fourth-order valence-electron chi connectivity index (χ4n) is 3.00. The number of carbonyl (C=O) groups excluding carboxylic acids is 1. The molecule has 102 valence electrons. The Kier molecular flexibility index (Phi) is 3.93. The lowest BCUT2D eigenvalue weighted by Gasteiger charge is -2.31. The van der Waals surface area contributed by atoms with Gasteiger partial charge in [0.2, 0.25) is 0 Å². The Hall–Kier alpha value is -1.37. The molecular weight excluding hydrogens is 232 g/mol. The Morgan fingerprint density at radius 1 is 1.16 bits per heavy atom. The van der Waals surface area contributed by atoms with E-state index in [-0.39, 0.29) is 11.3 Å². The van der Waals surface area contributed by atoms with Crippen LogP contribution in [0.1, 0.15) is 52.5 Å². The highest BCUT2D eigenvalue weighted by Crippen LogP contribution is 2.40. The fourth-order valence-corrected chi connectivity index (χ4v) is 3.00. The molecule has 0 bridgehead atoms. The molecular formula is C18H24O. The van der Waals surface area contributed by atoms with Crippen LogP contribution in [-0.4, -0.2) is 5.78 Å². The van der Waals surface area contributed by atoms with Crippen LogP contribution in [0.15, 0.2) is 35.9 Å². The van der Waals surface area contributed by atoms with Crippen molar-refractivity contribution < 1.29 is 4.79 Å². The molecule has 19 heavy (non-hydrogen) atoms. The molecule has 1 unspecified atom stereocenters. The van der Waals surface area contributed by atoms with Crippen molar-refractivity contribution in [1.82, 2.24) is 0 Å². The van der Waals surface area contributed by atoms with Gasteiger partial charge in [-0.15, -0.1) is 0 Å². The lowest BCUT2D eigenvalue weighted by Crippen LogP contribution is -2.31. The first-order valence-electron chi connectivity index (χ1n) is 7.20. The number of rotatable bonds is 2. The maximum atomic E-state index is 12.7. The van der Waals surface area contributed by atoms with E-state index >= 15 is 0 Å². The zero-order valence-corrected chi connectivity index (χ0v) is 12.5. The Bertz CT molecular complexity index is 488. The first-order valence-corrected chi connectivity index (χ1v) is 7.20. The Morgan fingerprint density at radius 3 is 2.37 bits per heavy atom. The number of hydrogen-bond donors (Lipinski definition) is 0. The monoisotopic (exact) mass is 256 g/mol. The molecule has 0 aromatic heterocycles.